The van der Waals surface area contributed by atoms with Crippen LogP contribution in [0.2, 0.25) is 0 Å². The number of benzene rings is 5. The molecule has 2 aliphatic carbocycles. The minimum Gasteiger partial charge on any atom is -0.456 e. The van der Waals surface area contributed by atoms with Crippen LogP contribution in [0.1, 0.15) is 37.1 Å². The van der Waals surface area contributed by atoms with Crippen LogP contribution < -0.4 is 0 Å². The largest absolute Gasteiger partial charge is 0.456 e. The van der Waals surface area contributed by atoms with E-state index in [0.717, 1.165) is 97.0 Å². The standard InChI is InChI=1S/C43H29N3O2/c1-3-12-26(13-4-1)29-19-11-21-38-39(29)35-25-34(30-16-7-8-18-32(30)40(35)48-38)43-45-41(27-14-5-2-6-15-27)44-42(46-43)28-22-23-37-33(24-28)31-17-9-10-20-36(31)47-37/h1-3,5,7-12,14,16-25H,4,6,13,15H2. The number of fused-ring (bicyclic) bond motifs is 8. The smallest absolute Gasteiger partial charge is 0.164 e. The molecule has 0 saturated carbocycles. The van der Waals surface area contributed by atoms with E-state index in [1.807, 2.05) is 30.3 Å². The van der Waals surface area contributed by atoms with Crippen molar-refractivity contribution in [3.63, 3.8) is 0 Å². The van der Waals surface area contributed by atoms with Crippen molar-refractivity contribution < 1.29 is 8.83 Å². The maximum absolute atomic E-state index is 6.64. The third-order valence-electron chi connectivity index (χ3n) is 9.67. The van der Waals surface area contributed by atoms with Gasteiger partial charge in [0.05, 0.1) is 0 Å². The van der Waals surface area contributed by atoms with Crippen LogP contribution in [0.25, 0.3) is 88.6 Å². The van der Waals surface area contributed by atoms with E-state index in [1.54, 1.807) is 0 Å². The fraction of sp³-hybridized carbons (Fsp3) is 0.0930. The fourth-order valence-corrected chi connectivity index (χ4v) is 7.35. The monoisotopic (exact) mass is 619 g/mol. The number of allylic oxidation sites excluding steroid dienone is 8. The molecule has 0 radical (unpaired) electrons. The molecular weight excluding hydrogens is 590 g/mol. The summed E-state index contributed by atoms with van der Waals surface area (Å²) in [5, 5.41) is 6.41. The van der Waals surface area contributed by atoms with E-state index in [4.69, 9.17) is 23.8 Å². The Kier molecular flexibility index (Phi) is 6.06. The van der Waals surface area contributed by atoms with Crippen molar-refractivity contribution in [2.75, 3.05) is 0 Å². The van der Waals surface area contributed by atoms with E-state index in [-0.39, 0.29) is 0 Å². The zero-order valence-corrected chi connectivity index (χ0v) is 26.1. The molecule has 0 spiro atoms. The highest BCUT2D eigenvalue weighted by Crippen LogP contribution is 2.43. The van der Waals surface area contributed by atoms with Gasteiger partial charge in [0.1, 0.15) is 22.3 Å². The number of nitrogens with zero attached hydrogens (tertiary/aromatic N) is 3. The molecule has 5 nitrogen and oxygen atoms in total. The molecule has 3 aromatic heterocycles. The van der Waals surface area contributed by atoms with Crippen LogP contribution in [-0.2, 0) is 0 Å². The van der Waals surface area contributed by atoms with E-state index in [0.29, 0.717) is 17.5 Å². The second-order valence-corrected chi connectivity index (χ2v) is 12.6. The minimum atomic E-state index is 0.638. The molecule has 0 aliphatic heterocycles. The van der Waals surface area contributed by atoms with Gasteiger partial charge < -0.3 is 8.83 Å². The lowest BCUT2D eigenvalue weighted by molar-refractivity contribution is 0.669. The molecule has 0 saturated heterocycles. The Bertz CT molecular complexity index is 2740. The van der Waals surface area contributed by atoms with Gasteiger partial charge in [-0.1, -0.05) is 91.1 Å². The lowest BCUT2D eigenvalue weighted by Gasteiger charge is -2.13. The quantitative estimate of drug-likeness (QED) is 0.196. The Labute approximate surface area is 276 Å². The van der Waals surface area contributed by atoms with Gasteiger partial charge in [0.25, 0.3) is 0 Å². The van der Waals surface area contributed by atoms with Crippen LogP contribution in [0.15, 0.2) is 136 Å². The number of para-hydroxylation sites is 1. The zero-order valence-electron chi connectivity index (χ0n) is 26.1. The Morgan fingerprint density at radius 3 is 2.02 bits per heavy atom. The zero-order chi connectivity index (χ0) is 31.6. The van der Waals surface area contributed by atoms with Crippen LogP contribution in [-0.4, -0.2) is 15.0 Å². The van der Waals surface area contributed by atoms with Crippen LogP contribution in [0, 0.1) is 0 Å². The van der Waals surface area contributed by atoms with E-state index in [2.05, 4.69) is 97.1 Å². The molecule has 0 fully saturated rings. The Balaban J connectivity index is 1.25. The molecule has 0 atom stereocenters. The summed E-state index contributed by atoms with van der Waals surface area (Å²) < 4.78 is 12.8. The summed E-state index contributed by atoms with van der Waals surface area (Å²) in [5.74, 6) is 1.99. The molecule has 8 aromatic rings. The molecule has 3 heterocycles. The van der Waals surface area contributed by atoms with Crippen molar-refractivity contribution in [2.45, 2.75) is 25.7 Å². The van der Waals surface area contributed by atoms with Crippen molar-refractivity contribution in [1.29, 1.82) is 0 Å². The summed E-state index contributed by atoms with van der Waals surface area (Å²) in [6.45, 7) is 0. The van der Waals surface area contributed by atoms with Gasteiger partial charge in [-0.05, 0) is 84.2 Å². The number of furan rings is 2. The highest BCUT2D eigenvalue weighted by molar-refractivity contribution is 6.21. The van der Waals surface area contributed by atoms with Crippen molar-refractivity contribution in [3.8, 4) is 22.8 Å². The van der Waals surface area contributed by atoms with Gasteiger partial charge in [-0.3, -0.25) is 0 Å². The number of aromatic nitrogens is 3. The van der Waals surface area contributed by atoms with Crippen molar-refractivity contribution in [3.05, 3.63) is 139 Å². The Morgan fingerprint density at radius 2 is 1.19 bits per heavy atom. The predicted octanol–water partition coefficient (Wildman–Crippen LogP) is 11.6. The molecule has 5 aromatic carbocycles. The number of hydrogen-bond acceptors (Lipinski definition) is 5. The second-order valence-electron chi connectivity index (χ2n) is 12.6. The normalized spacial score (nSPS) is 14.8. The lowest BCUT2D eigenvalue weighted by Crippen LogP contribution is -2.04. The summed E-state index contributed by atoms with van der Waals surface area (Å²) in [5.41, 5.74) is 9.01. The molecule has 0 N–H and O–H groups in total. The SMILES string of the molecule is C1=CCCC(c2nc(-c3ccc4oc5ccccc5c4c3)nc(-c3cc4c(oc5cccc(C6=CC=CCC6)c54)c4ccccc34)n2)=C1. The summed E-state index contributed by atoms with van der Waals surface area (Å²) in [6, 6.07) is 31.4. The fourth-order valence-electron chi connectivity index (χ4n) is 7.35. The molecule has 48 heavy (non-hydrogen) atoms. The van der Waals surface area contributed by atoms with Gasteiger partial charge in [0.15, 0.2) is 17.5 Å². The molecule has 2 aliphatic rings. The molecule has 228 valence electrons. The summed E-state index contributed by atoms with van der Waals surface area (Å²) >= 11 is 0. The van der Waals surface area contributed by atoms with Crippen LogP contribution in [0.4, 0.5) is 0 Å². The lowest BCUT2D eigenvalue weighted by atomic mass is 9.92. The summed E-state index contributed by atoms with van der Waals surface area (Å²) in [4.78, 5) is 15.5. The van der Waals surface area contributed by atoms with E-state index in [9.17, 15) is 0 Å². The van der Waals surface area contributed by atoms with Gasteiger partial charge in [0.2, 0.25) is 0 Å². The highest BCUT2D eigenvalue weighted by atomic mass is 16.3. The first-order valence-corrected chi connectivity index (χ1v) is 16.6. The maximum atomic E-state index is 6.64. The first kappa shape index (κ1) is 27.1. The van der Waals surface area contributed by atoms with Crippen LogP contribution >= 0.6 is 0 Å². The molecular formula is C43H29N3O2. The Morgan fingerprint density at radius 1 is 0.479 bits per heavy atom. The Hall–Kier alpha value is -6.07. The summed E-state index contributed by atoms with van der Waals surface area (Å²) in [7, 11) is 0. The second kappa shape index (κ2) is 10.7. The molecule has 10 rings (SSSR count). The van der Waals surface area contributed by atoms with Gasteiger partial charge in [0, 0.05) is 38.1 Å². The average Bonchev–Trinajstić information content (AvgIpc) is 3.73. The minimum absolute atomic E-state index is 0.638. The van der Waals surface area contributed by atoms with Gasteiger partial charge in [-0.15, -0.1) is 0 Å². The predicted molar refractivity (Wildman–Crippen MR) is 195 cm³/mol. The maximum Gasteiger partial charge on any atom is 0.164 e. The van der Waals surface area contributed by atoms with E-state index >= 15 is 0 Å². The van der Waals surface area contributed by atoms with Crippen molar-refractivity contribution in [1.82, 2.24) is 15.0 Å². The molecule has 0 amide bonds. The van der Waals surface area contributed by atoms with Gasteiger partial charge >= 0.3 is 0 Å². The summed E-state index contributed by atoms with van der Waals surface area (Å²) in [6.07, 6.45) is 16.9. The molecule has 5 heteroatoms. The third-order valence-corrected chi connectivity index (χ3v) is 9.67. The van der Waals surface area contributed by atoms with Gasteiger partial charge in [-0.2, -0.15) is 0 Å². The van der Waals surface area contributed by atoms with E-state index < -0.39 is 0 Å². The third kappa shape index (κ3) is 4.28. The first-order chi connectivity index (χ1) is 23.8. The first-order valence-electron chi connectivity index (χ1n) is 16.6. The van der Waals surface area contributed by atoms with E-state index in [1.165, 1.54) is 11.1 Å². The van der Waals surface area contributed by atoms with Gasteiger partial charge in [-0.25, -0.2) is 15.0 Å². The van der Waals surface area contributed by atoms with Crippen LogP contribution in [0.5, 0.6) is 0 Å². The molecule has 0 unspecified atom stereocenters. The topological polar surface area (TPSA) is 65.0 Å². The van der Waals surface area contributed by atoms with Crippen molar-refractivity contribution in [2.24, 2.45) is 0 Å². The molecule has 0 bridgehead atoms. The highest BCUT2D eigenvalue weighted by Gasteiger charge is 2.22. The van der Waals surface area contributed by atoms with Crippen LogP contribution in [0.3, 0.4) is 0 Å². The van der Waals surface area contributed by atoms with Crippen molar-refractivity contribution >= 4 is 65.8 Å². The number of hydrogen-bond donors (Lipinski definition) is 0. The number of rotatable bonds is 4. The average molecular weight is 620 g/mol.